The van der Waals surface area contributed by atoms with E-state index < -0.39 is 0 Å². The Hall–Kier alpha value is -0.420. The van der Waals surface area contributed by atoms with E-state index in [9.17, 15) is 0 Å². The summed E-state index contributed by atoms with van der Waals surface area (Å²) in [6, 6.07) is 0. The van der Waals surface area contributed by atoms with E-state index in [0.717, 1.165) is 37.9 Å². The molecule has 0 bridgehead atoms. The van der Waals surface area contributed by atoms with Crippen LogP contribution in [0, 0.1) is 0 Å². The number of guanidine groups is 1. The van der Waals surface area contributed by atoms with Crippen LogP contribution in [0.2, 0.25) is 0 Å². The van der Waals surface area contributed by atoms with E-state index in [1.165, 1.54) is 0 Å². The van der Waals surface area contributed by atoms with Gasteiger partial charge < -0.3 is 16.0 Å². The predicted molar refractivity (Wildman–Crippen MR) is 80.1 cm³/mol. The Labute approximate surface area is 110 Å². The van der Waals surface area contributed by atoms with E-state index in [2.05, 4.69) is 54.9 Å². The zero-order chi connectivity index (χ0) is 13.1. The highest BCUT2D eigenvalue weighted by Crippen LogP contribution is 1.96. The maximum absolute atomic E-state index is 4.51. The first-order valence-corrected chi connectivity index (χ1v) is 7.65. The molecule has 0 aliphatic heterocycles. The van der Waals surface area contributed by atoms with Crippen LogP contribution < -0.4 is 16.0 Å². The summed E-state index contributed by atoms with van der Waals surface area (Å²) in [6.07, 6.45) is 2.11. The van der Waals surface area contributed by atoms with Crippen LogP contribution in [0.1, 0.15) is 27.7 Å². The normalized spacial score (nSPS) is 12.6. The summed E-state index contributed by atoms with van der Waals surface area (Å²) >= 11 is 1.84. The molecule has 5 heteroatoms. The molecular formula is C12H28N4S. The molecule has 0 aliphatic carbocycles. The SMILES string of the molecule is CCNC(=NCCNC(C)(C)C)NCCSC. The molecular weight excluding hydrogens is 232 g/mol. The van der Waals surface area contributed by atoms with E-state index in [1.807, 2.05) is 11.8 Å². The van der Waals surface area contributed by atoms with Crippen LogP contribution in [-0.4, -0.2) is 49.7 Å². The third-order valence-electron chi connectivity index (χ3n) is 1.98. The first-order chi connectivity index (χ1) is 7.99. The number of rotatable bonds is 7. The minimum absolute atomic E-state index is 0.167. The van der Waals surface area contributed by atoms with Crippen molar-refractivity contribution >= 4 is 17.7 Å². The summed E-state index contributed by atoms with van der Waals surface area (Å²) in [5.41, 5.74) is 0.167. The molecule has 0 saturated carbocycles. The van der Waals surface area contributed by atoms with Gasteiger partial charge in [0.05, 0.1) is 6.54 Å². The second kappa shape index (κ2) is 9.59. The zero-order valence-corrected chi connectivity index (χ0v) is 12.7. The Morgan fingerprint density at radius 1 is 1.18 bits per heavy atom. The molecule has 102 valence electrons. The molecule has 3 N–H and O–H groups in total. The van der Waals surface area contributed by atoms with E-state index in [1.54, 1.807) is 0 Å². The molecule has 0 atom stereocenters. The number of hydrogen-bond acceptors (Lipinski definition) is 3. The summed E-state index contributed by atoms with van der Waals surface area (Å²) in [5, 5.41) is 9.97. The van der Waals surface area contributed by atoms with Crippen LogP contribution >= 0.6 is 11.8 Å². The lowest BCUT2D eigenvalue weighted by Crippen LogP contribution is -2.40. The maximum Gasteiger partial charge on any atom is 0.191 e. The van der Waals surface area contributed by atoms with E-state index in [-0.39, 0.29) is 5.54 Å². The quantitative estimate of drug-likeness (QED) is 0.367. The summed E-state index contributed by atoms with van der Waals surface area (Å²) in [6.45, 7) is 12.1. The van der Waals surface area contributed by atoms with Gasteiger partial charge in [-0.25, -0.2) is 0 Å². The van der Waals surface area contributed by atoms with Crippen molar-refractivity contribution in [3.8, 4) is 0 Å². The molecule has 0 aromatic rings. The molecule has 0 rings (SSSR count). The van der Waals surface area contributed by atoms with Gasteiger partial charge in [-0.05, 0) is 34.0 Å². The molecule has 0 unspecified atom stereocenters. The molecule has 0 aromatic carbocycles. The maximum atomic E-state index is 4.51. The largest absolute Gasteiger partial charge is 0.357 e. The van der Waals surface area contributed by atoms with Crippen molar-refractivity contribution in [1.29, 1.82) is 0 Å². The minimum atomic E-state index is 0.167. The van der Waals surface area contributed by atoms with Crippen molar-refractivity contribution in [2.45, 2.75) is 33.2 Å². The lowest BCUT2D eigenvalue weighted by Gasteiger charge is -2.19. The Bertz CT molecular complexity index is 211. The summed E-state index contributed by atoms with van der Waals surface area (Å²) < 4.78 is 0. The third kappa shape index (κ3) is 11.8. The fourth-order valence-electron chi connectivity index (χ4n) is 1.21. The molecule has 4 nitrogen and oxygen atoms in total. The molecule has 0 fully saturated rings. The van der Waals surface area contributed by atoms with Crippen LogP contribution in [-0.2, 0) is 0 Å². The molecule has 17 heavy (non-hydrogen) atoms. The molecule has 0 amide bonds. The topological polar surface area (TPSA) is 48.5 Å². The van der Waals surface area contributed by atoms with Crippen LogP contribution in [0.5, 0.6) is 0 Å². The summed E-state index contributed by atoms with van der Waals surface area (Å²) in [4.78, 5) is 4.51. The van der Waals surface area contributed by atoms with Gasteiger partial charge in [-0.3, -0.25) is 4.99 Å². The predicted octanol–water partition coefficient (Wildman–Crippen LogP) is 1.29. The second-order valence-corrected chi connectivity index (χ2v) is 5.84. The van der Waals surface area contributed by atoms with E-state index >= 15 is 0 Å². The van der Waals surface area contributed by atoms with Crippen LogP contribution in [0.15, 0.2) is 4.99 Å². The van der Waals surface area contributed by atoms with Crippen molar-refractivity contribution in [3.63, 3.8) is 0 Å². The van der Waals surface area contributed by atoms with Gasteiger partial charge in [0.15, 0.2) is 5.96 Å². The van der Waals surface area contributed by atoms with Gasteiger partial charge in [0.25, 0.3) is 0 Å². The van der Waals surface area contributed by atoms with E-state index in [4.69, 9.17) is 0 Å². The van der Waals surface area contributed by atoms with Crippen molar-refractivity contribution < 1.29 is 0 Å². The first-order valence-electron chi connectivity index (χ1n) is 6.25. The average Bonchev–Trinajstić information content (AvgIpc) is 2.23. The molecule has 0 heterocycles. The third-order valence-corrected chi connectivity index (χ3v) is 2.59. The number of hydrogen-bond donors (Lipinski definition) is 3. The minimum Gasteiger partial charge on any atom is -0.357 e. The highest BCUT2D eigenvalue weighted by Gasteiger charge is 2.06. The molecule has 0 saturated heterocycles. The highest BCUT2D eigenvalue weighted by atomic mass is 32.2. The molecule has 0 aliphatic rings. The van der Waals surface area contributed by atoms with Gasteiger partial charge in [0.1, 0.15) is 0 Å². The van der Waals surface area contributed by atoms with Crippen molar-refractivity contribution in [2.24, 2.45) is 4.99 Å². The standard InChI is InChI=1S/C12H28N4S/c1-6-13-11(15-9-10-17-5)14-7-8-16-12(2,3)4/h16H,6-10H2,1-5H3,(H2,13,14,15). The van der Waals surface area contributed by atoms with E-state index in [0.29, 0.717) is 0 Å². The van der Waals surface area contributed by atoms with Crippen molar-refractivity contribution in [3.05, 3.63) is 0 Å². The lowest BCUT2D eigenvalue weighted by atomic mass is 10.1. The first kappa shape index (κ1) is 16.6. The average molecular weight is 260 g/mol. The number of thioether (sulfide) groups is 1. The van der Waals surface area contributed by atoms with Gasteiger partial charge >= 0.3 is 0 Å². The van der Waals surface area contributed by atoms with Crippen molar-refractivity contribution in [2.75, 3.05) is 38.2 Å². The molecule has 0 spiro atoms. The zero-order valence-electron chi connectivity index (χ0n) is 11.9. The van der Waals surface area contributed by atoms with Gasteiger partial charge in [-0.1, -0.05) is 0 Å². The molecule has 0 aromatic heterocycles. The van der Waals surface area contributed by atoms with Crippen molar-refractivity contribution in [1.82, 2.24) is 16.0 Å². The Morgan fingerprint density at radius 3 is 2.41 bits per heavy atom. The summed E-state index contributed by atoms with van der Waals surface area (Å²) in [7, 11) is 0. The lowest BCUT2D eigenvalue weighted by molar-refractivity contribution is 0.432. The van der Waals surface area contributed by atoms with Gasteiger partial charge in [0, 0.05) is 30.9 Å². The smallest absolute Gasteiger partial charge is 0.191 e. The highest BCUT2D eigenvalue weighted by molar-refractivity contribution is 7.98. The Kier molecular flexibility index (Phi) is 9.36. The van der Waals surface area contributed by atoms with Crippen LogP contribution in [0.3, 0.4) is 0 Å². The second-order valence-electron chi connectivity index (χ2n) is 4.86. The van der Waals surface area contributed by atoms with Crippen LogP contribution in [0.4, 0.5) is 0 Å². The monoisotopic (exact) mass is 260 g/mol. The number of nitrogens with zero attached hydrogens (tertiary/aromatic N) is 1. The number of nitrogens with one attached hydrogen (secondary N) is 3. The van der Waals surface area contributed by atoms with Gasteiger partial charge in [0.2, 0.25) is 0 Å². The number of aliphatic imine (C=N–C) groups is 1. The molecule has 0 radical (unpaired) electrons. The fourth-order valence-corrected chi connectivity index (χ4v) is 1.52. The summed E-state index contributed by atoms with van der Waals surface area (Å²) in [5.74, 6) is 2.02. The Morgan fingerprint density at radius 2 is 1.88 bits per heavy atom. The van der Waals surface area contributed by atoms with Gasteiger partial charge in [-0.15, -0.1) is 0 Å². The Balaban J connectivity index is 3.85. The van der Waals surface area contributed by atoms with Crippen LogP contribution in [0.25, 0.3) is 0 Å². The fraction of sp³-hybridized carbons (Fsp3) is 0.917. The van der Waals surface area contributed by atoms with Gasteiger partial charge in [-0.2, -0.15) is 11.8 Å².